The summed E-state index contributed by atoms with van der Waals surface area (Å²) in [6.07, 6.45) is 0. The van der Waals surface area contributed by atoms with E-state index in [0.29, 0.717) is 39.3 Å². The lowest BCUT2D eigenvalue weighted by atomic mass is 10.1. The summed E-state index contributed by atoms with van der Waals surface area (Å²) in [6.45, 7) is 11.2. The number of nitrogens with two attached hydrogens (primary N) is 1. The Morgan fingerprint density at radius 2 is 1.17 bits per heavy atom. The number of hydrogen-bond acceptors (Lipinski definition) is 12. The van der Waals surface area contributed by atoms with Gasteiger partial charge in [0.15, 0.2) is 11.2 Å². The van der Waals surface area contributed by atoms with Crippen molar-refractivity contribution in [1.82, 2.24) is 20.1 Å². The van der Waals surface area contributed by atoms with Crippen LogP contribution in [0.25, 0.3) is 51.1 Å². The van der Waals surface area contributed by atoms with Crippen LogP contribution in [0.4, 0.5) is 0 Å². The average molecular weight is 704 g/mol. The molecule has 0 amide bonds. The molecule has 0 atom stereocenters. The van der Waals surface area contributed by atoms with E-state index in [2.05, 4.69) is 31.4 Å². The second kappa shape index (κ2) is 15.2. The second-order valence-corrected chi connectivity index (χ2v) is 11.5. The number of nitrogens with zero attached hydrogens (tertiary/aromatic N) is 4. The van der Waals surface area contributed by atoms with E-state index in [1.54, 1.807) is 36.4 Å². The van der Waals surface area contributed by atoms with E-state index >= 15 is 0 Å². The van der Waals surface area contributed by atoms with Crippen LogP contribution in [-0.2, 0) is 4.74 Å². The standard InChI is InChI=1S/C18H13N3O4.C10H9NO3.C10H11NO2/c1-9-3-4-10(2)14-13(9)19-16(24-14)17-20-15(21-25-17)11-5-7-12(8-6-11)18(22)23;1-5-3-4-6(2)8-7(5)11-9(14-8)10(12)13;1-7(11)8-3-5-9(6-4-8)10(12)13-2/h3-8H,1-2H3,(H,22,23);3-4H,1-2H3,(H,12,13);3-6H,1,11H2,2H3. The highest BCUT2D eigenvalue weighted by Gasteiger charge is 2.19. The fraction of sp³-hybridized carbons (Fsp3) is 0.132. The van der Waals surface area contributed by atoms with Crippen molar-refractivity contribution in [2.75, 3.05) is 7.11 Å². The fourth-order valence-corrected chi connectivity index (χ4v) is 4.83. The highest BCUT2D eigenvalue weighted by Crippen LogP contribution is 2.29. The summed E-state index contributed by atoms with van der Waals surface area (Å²) in [7, 11) is 1.35. The third-order valence-electron chi connectivity index (χ3n) is 7.74. The van der Waals surface area contributed by atoms with Gasteiger partial charge in [-0.15, -0.1) is 0 Å². The third-order valence-corrected chi connectivity index (χ3v) is 7.74. The summed E-state index contributed by atoms with van der Waals surface area (Å²) in [5.74, 6) is -1.97. The lowest BCUT2D eigenvalue weighted by molar-refractivity contribution is 0.0598. The summed E-state index contributed by atoms with van der Waals surface area (Å²) >= 11 is 0. The fourth-order valence-electron chi connectivity index (χ4n) is 4.83. The monoisotopic (exact) mass is 703 g/mol. The van der Waals surface area contributed by atoms with Crippen LogP contribution in [0.3, 0.4) is 0 Å². The number of methoxy groups -OCH3 is 1. The number of hydrogen-bond donors (Lipinski definition) is 3. The van der Waals surface area contributed by atoms with Crippen LogP contribution < -0.4 is 5.73 Å². The van der Waals surface area contributed by atoms with Gasteiger partial charge < -0.3 is 34.0 Å². The van der Waals surface area contributed by atoms with Gasteiger partial charge in [-0.1, -0.05) is 60.3 Å². The molecule has 0 unspecified atom stereocenters. The van der Waals surface area contributed by atoms with Crippen molar-refractivity contribution in [3.05, 3.63) is 124 Å². The van der Waals surface area contributed by atoms with Crippen LogP contribution in [0.1, 0.15) is 59.2 Å². The van der Waals surface area contributed by atoms with Crippen LogP contribution in [0.15, 0.2) is 92.7 Å². The zero-order valence-electron chi connectivity index (χ0n) is 28.8. The summed E-state index contributed by atoms with van der Waals surface area (Å²) in [5.41, 5.74) is 14.5. The number of carboxylic acids is 2. The smallest absolute Gasteiger partial charge is 0.392 e. The first-order chi connectivity index (χ1) is 24.8. The third kappa shape index (κ3) is 7.86. The van der Waals surface area contributed by atoms with E-state index in [1.807, 2.05) is 52.0 Å². The van der Waals surface area contributed by atoms with E-state index in [9.17, 15) is 14.4 Å². The van der Waals surface area contributed by atoms with Crippen LogP contribution in [-0.4, -0.2) is 55.3 Å². The number of carboxylic acid groups (broad SMARTS) is 2. The molecule has 0 saturated heterocycles. The lowest BCUT2D eigenvalue weighted by Gasteiger charge is -2.01. The molecule has 0 bridgehead atoms. The molecule has 4 N–H and O–H groups in total. The molecule has 264 valence electrons. The molecule has 0 aliphatic carbocycles. The van der Waals surface area contributed by atoms with E-state index < -0.39 is 11.9 Å². The zero-order valence-corrected chi connectivity index (χ0v) is 28.8. The topological polar surface area (TPSA) is 218 Å². The molecular formula is C38H33N5O9. The first-order valence-corrected chi connectivity index (χ1v) is 15.5. The van der Waals surface area contributed by atoms with Crippen molar-refractivity contribution < 1.29 is 42.7 Å². The molecule has 0 spiro atoms. The summed E-state index contributed by atoms with van der Waals surface area (Å²) in [4.78, 5) is 45.2. The van der Waals surface area contributed by atoms with Gasteiger partial charge in [-0.3, -0.25) is 0 Å². The van der Waals surface area contributed by atoms with Crippen molar-refractivity contribution in [3.8, 4) is 23.2 Å². The number of ether oxygens (including phenoxy) is 1. The predicted octanol–water partition coefficient (Wildman–Crippen LogP) is 7.41. The Hall–Kier alpha value is -7.09. The van der Waals surface area contributed by atoms with E-state index in [4.69, 9.17) is 29.3 Å². The van der Waals surface area contributed by atoms with Gasteiger partial charge in [-0.2, -0.15) is 4.98 Å². The van der Waals surface area contributed by atoms with Gasteiger partial charge in [-0.25, -0.2) is 24.4 Å². The number of benzene rings is 4. The summed E-state index contributed by atoms with van der Waals surface area (Å²) in [5, 5.41) is 21.6. The molecule has 3 heterocycles. The number of carbonyl (C=O) groups is 3. The number of rotatable bonds is 6. The highest BCUT2D eigenvalue weighted by atomic mass is 16.5. The molecule has 52 heavy (non-hydrogen) atoms. The minimum Gasteiger partial charge on any atom is -0.478 e. The number of aryl methyl sites for hydroxylation is 4. The zero-order chi connectivity index (χ0) is 37.7. The average Bonchev–Trinajstić information content (AvgIpc) is 3.92. The van der Waals surface area contributed by atoms with Crippen molar-refractivity contribution >= 4 is 45.8 Å². The predicted molar refractivity (Wildman–Crippen MR) is 191 cm³/mol. The minimum atomic E-state index is -1.14. The molecule has 0 aliphatic heterocycles. The first kappa shape index (κ1) is 36.2. The molecule has 0 aliphatic rings. The Morgan fingerprint density at radius 1 is 0.654 bits per heavy atom. The Morgan fingerprint density at radius 3 is 1.67 bits per heavy atom. The molecule has 7 aromatic rings. The van der Waals surface area contributed by atoms with Gasteiger partial charge in [0.25, 0.3) is 5.89 Å². The number of oxazole rings is 2. The molecule has 0 radical (unpaired) electrons. The first-order valence-electron chi connectivity index (χ1n) is 15.5. The number of aromatic nitrogens is 4. The quantitative estimate of drug-likeness (QED) is 0.144. The number of fused-ring (bicyclic) bond motifs is 2. The van der Waals surface area contributed by atoms with Gasteiger partial charge in [0.2, 0.25) is 5.82 Å². The van der Waals surface area contributed by atoms with Crippen LogP contribution in [0.5, 0.6) is 0 Å². The maximum atomic E-state index is 11.0. The maximum Gasteiger partial charge on any atom is 0.392 e. The van der Waals surface area contributed by atoms with Crippen LogP contribution in [0.2, 0.25) is 0 Å². The molecule has 3 aromatic heterocycles. The van der Waals surface area contributed by atoms with E-state index in [0.717, 1.165) is 33.3 Å². The number of carbonyl (C=O) groups excluding carboxylic acids is 1. The van der Waals surface area contributed by atoms with Crippen molar-refractivity contribution in [2.24, 2.45) is 5.73 Å². The van der Waals surface area contributed by atoms with Gasteiger partial charge in [0.1, 0.15) is 11.0 Å². The van der Waals surface area contributed by atoms with Crippen LogP contribution in [0, 0.1) is 27.7 Å². The Balaban J connectivity index is 0.000000165. The molecule has 14 nitrogen and oxygen atoms in total. The molecular weight excluding hydrogens is 670 g/mol. The Kier molecular flexibility index (Phi) is 10.6. The van der Waals surface area contributed by atoms with Gasteiger partial charge in [0, 0.05) is 11.3 Å². The lowest BCUT2D eigenvalue weighted by Crippen LogP contribution is -2.01. The van der Waals surface area contributed by atoms with E-state index in [-0.39, 0.29) is 29.2 Å². The summed E-state index contributed by atoms with van der Waals surface area (Å²) in [6, 6.07) is 20.7. The maximum absolute atomic E-state index is 11.0. The minimum absolute atomic E-state index is 0.173. The Labute approximate surface area is 296 Å². The molecule has 4 aromatic carbocycles. The summed E-state index contributed by atoms with van der Waals surface area (Å²) < 4.78 is 20.7. The Bertz CT molecular complexity index is 2360. The largest absolute Gasteiger partial charge is 0.478 e. The van der Waals surface area contributed by atoms with E-state index in [1.165, 1.54) is 19.2 Å². The van der Waals surface area contributed by atoms with Crippen molar-refractivity contribution in [2.45, 2.75) is 27.7 Å². The normalized spacial score (nSPS) is 10.6. The SMILES string of the molecule is C=C(N)c1ccc(C(=O)OC)cc1.Cc1ccc(C)c2oc(-c3nc(-c4ccc(C(=O)O)cc4)no3)nc12.Cc1ccc(C)c2oc(C(=O)O)nc12. The van der Waals surface area contributed by atoms with Crippen molar-refractivity contribution in [3.63, 3.8) is 0 Å². The highest BCUT2D eigenvalue weighted by molar-refractivity contribution is 5.90. The van der Waals surface area contributed by atoms with Gasteiger partial charge in [0.05, 0.1) is 18.2 Å². The van der Waals surface area contributed by atoms with Gasteiger partial charge >= 0.3 is 29.7 Å². The molecule has 0 fully saturated rings. The molecule has 0 saturated carbocycles. The molecule has 7 rings (SSSR count). The second-order valence-electron chi connectivity index (χ2n) is 11.5. The van der Waals surface area contributed by atoms with Gasteiger partial charge in [-0.05, 0) is 79.8 Å². The number of aromatic carboxylic acids is 2. The van der Waals surface area contributed by atoms with Crippen molar-refractivity contribution in [1.29, 1.82) is 0 Å². The number of esters is 1. The molecule has 14 heteroatoms. The van der Waals surface area contributed by atoms with Crippen LogP contribution >= 0.6 is 0 Å².